The SMILES string of the molecule is Cn1nccc1Cn1c(N)nc2ccc(F)cc21. The second-order valence-corrected chi connectivity index (χ2v) is 4.14. The van der Waals surface area contributed by atoms with E-state index in [9.17, 15) is 4.39 Å². The Bertz CT molecular complexity index is 712. The van der Waals surface area contributed by atoms with Gasteiger partial charge in [-0.25, -0.2) is 9.37 Å². The lowest BCUT2D eigenvalue weighted by atomic mass is 10.3. The molecule has 0 spiro atoms. The van der Waals surface area contributed by atoms with Gasteiger partial charge in [0.2, 0.25) is 5.95 Å². The molecule has 0 atom stereocenters. The Kier molecular flexibility index (Phi) is 2.29. The number of fused-ring (bicyclic) bond motifs is 1. The molecule has 6 heteroatoms. The van der Waals surface area contributed by atoms with E-state index in [0.29, 0.717) is 23.5 Å². The zero-order valence-electron chi connectivity index (χ0n) is 9.84. The summed E-state index contributed by atoms with van der Waals surface area (Å²) in [4.78, 5) is 4.21. The summed E-state index contributed by atoms with van der Waals surface area (Å²) in [5.74, 6) is 0.0745. The van der Waals surface area contributed by atoms with E-state index in [4.69, 9.17) is 5.73 Å². The molecule has 0 saturated heterocycles. The van der Waals surface area contributed by atoms with E-state index in [1.54, 1.807) is 21.5 Å². The van der Waals surface area contributed by atoms with Crippen molar-refractivity contribution < 1.29 is 4.39 Å². The number of aromatic nitrogens is 4. The topological polar surface area (TPSA) is 61.7 Å². The summed E-state index contributed by atoms with van der Waals surface area (Å²) < 4.78 is 16.8. The van der Waals surface area contributed by atoms with Gasteiger partial charge in [-0.15, -0.1) is 0 Å². The molecule has 0 amide bonds. The molecule has 1 aromatic carbocycles. The molecule has 2 N–H and O–H groups in total. The third-order valence-electron chi connectivity index (χ3n) is 2.98. The van der Waals surface area contributed by atoms with Crippen LogP contribution in [0.2, 0.25) is 0 Å². The minimum atomic E-state index is -0.298. The molecule has 0 saturated carbocycles. The van der Waals surface area contributed by atoms with Crippen LogP contribution in [0.25, 0.3) is 11.0 Å². The molecule has 0 aliphatic rings. The van der Waals surface area contributed by atoms with Gasteiger partial charge in [-0.05, 0) is 24.3 Å². The van der Waals surface area contributed by atoms with E-state index in [-0.39, 0.29) is 5.82 Å². The number of benzene rings is 1. The van der Waals surface area contributed by atoms with Crippen LogP contribution in [0.1, 0.15) is 5.69 Å². The summed E-state index contributed by atoms with van der Waals surface area (Å²) in [5.41, 5.74) is 8.23. The van der Waals surface area contributed by atoms with E-state index >= 15 is 0 Å². The number of nitrogens with zero attached hydrogens (tertiary/aromatic N) is 4. The van der Waals surface area contributed by atoms with Crippen molar-refractivity contribution in [2.24, 2.45) is 7.05 Å². The molecule has 0 bridgehead atoms. The summed E-state index contributed by atoms with van der Waals surface area (Å²) in [6.45, 7) is 0.516. The highest BCUT2D eigenvalue weighted by atomic mass is 19.1. The van der Waals surface area contributed by atoms with E-state index in [1.165, 1.54) is 12.1 Å². The van der Waals surface area contributed by atoms with Crippen LogP contribution in [0, 0.1) is 5.82 Å². The van der Waals surface area contributed by atoms with Crippen molar-refractivity contribution in [3.8, 4) is 0 Å². The van der Waals surface area contributed by atoms with Crippen LogP contribution in [-0.2, 0) is 13.6 Å². The van der Waals surface area contributed by atoms with Crippen molar-refractivity contribution in [1.29, 1.82) is 0 Å². The maximum Gasteiger partial charge on any atom is 0.201 e. The molecular formula is C12H12FN5. The fraction of sp³-hybridized carbons (Fsp3) is 0.167. The maximum atomic E-state index is 13.3. The number of hydrogen-bond donors (Lipinski definition) is 1. The first-order valence-corrected chi connectivity index (χ1v) is 5.53. The van der Waals surface area contributed by atoms with Crippen molar-refractivity contribution >= 4 is 17.0 Å². The molecule has 5 nitrogen and oxygen atoms in total. The average Bonchev–Trinajstić information content (AvgIpc) is 2.86. The molecule has 0 fully saturated rings. The Balaban J connectivity index is 2.13. The molecule has 0 unspecified atom stereocenters. The minimum Gasteiger partial charge on any atom is -0.369 e. The molecule has 3 rings (SSSR count). The fourth-order valence-electron chi connectivity index (χ4n) is 2.00. The minimum absolute atomic E-state index is 0.298. The highest BCUT2D eigenvalue weighted by Gasteiger charge is 2.10. The van der Waals surface area contributed by atoms with Crippen LogP contribution in [0.4, 0.5) is 10.3 Å². The van der Waals surface area contributed by atoms with Gasteiger partial charge in [-0.1, -0.05) is 0 Å². The smallest absolute Gasteiger partial charge is 0.201 e. The number of anilines is 1. The molecule has 0 aliphatic carbocycles. The van der Waals surface area contributed by atoms with Crippen LogP contribution >= 0.6 is 0 Å². The normalized spacial score (nSPS) is 11.2. The van der Waals surface area contributed by atoms with Crippen molar-refractivity contribution in [2.45, 2.75) is 6.54 Å². The van der Waals surface area contributed by atoms with Gasteiger partial charge in [-0.2, -0.15) is 5.10 Å². The van der Waals surface area contributed by atoms with Crippen LogP contribution in [0.3, 0.4) is 0 Å². The highest BCUT2D eigenvalue weighted by Crippen LogP contribution is 2.20. The number of aryl methyl sites for hydroxylation is 1. The van der Waals surface area contributed by atoms with Gasteiger partial charge in [0.25, 0.3) is 0 Å². The fourth-order valence-corrected chi connectivity index (χ4v) is 2.00. The lowest BCUT2D eigenvalue weighted by Crippen LogP contribution is -2.08. The predicted molar refractivity (Wildman–Crippen MR) is 66.4 cm³/mol. The van der Waals surface area contributed by atoms with Gasteiger partial charge in [0.15, 0.2) is 0 Å². The first kappa shape index (κ1) is 10.8. The number of rotatable bonds is 2. The van der Waals surface area contributed by atoms with Gasteiger partial charge in [-0.3, -0.25) is 4.68 Å². The summed E-state index contributed by atoms with van der Waals surface area (Å²) >= 11 is 0. The predicted octanol–water partition coefficient (Wildman–Crippen LogP) is 1.54. The number of nitrogen functional groups attached to an aromatic ring is 1. The van der Waals surface area contributed by atoms with E-state index in [2.05, 4.69) is 10.1 Å². The molecule has 0 aliphatic heterocycles. The maximum absolute atomic E-state index is 13.3. The standard InChI is InChI=1S/C12H12FN5/c1-17-9(4-5-15-17)7-18-11-6-8(13)2-3-10(11)16-12(18)14/h2-6H,7H2,1H3,(H2,14,16). The number of nitrogens with two attached hydrogens (primary N) is 1. The first-order chi connectivity index (χ1) is 8.65. The Morgan fingerprint density at radius 2 is 2.17 bits per heavy atom. The quantitative estimate of drug-likeness (QED) is 0.745. The Labute approximate surface area is 103 Å². The van der Waals surface area contributed by atoms with Crippen molar-refractivity contribution in [1.82, 2.24) is 19.3 Å². The van der Waals surface area contributed by atoms with Crippen LogP contribution in [0.5, 0.6) is 0 Å². The molecular weight excluding hydrogens is 233 g/mol. The second kappa shape index (κ2) is 3.83. The van der Waals surface area contributed by atoms with Gasteiger partial charge >= 0.3 is 0 Å². The van der Waals surface area contributed by atoms with E-state index in [1.807, 2.05) is 13.1 Å². The third-order valence-corrected chi connectivity index (χ3v) is 2.98. The summed E-state index contributed by atoms with van der Waals surface area (Å²) in [6, 6.07) is 6.34. The van der Waals surface area contributed by atoms with Crippen LogP contribution in [-0.4, -0.2) is 19.3 Å². The lowest BCUT2D eigenvalue weighted by Gasteiger charge is -2.06. The zero-order chi connectivity index (χ0) is 12.7. The Hall–Kier alpha value is -2.37. The number of halogens is 1. The largest absolute Gasteiger partial charge is 0.369 e. The first-order valence-electron chi connectivity index (χ1n) is 5.53. The summed E-state index contributed by atoms with van der Waals surface area (Å²) in [7, 11) is 1.85. The summed E-state index contributed by atoms with van der Waals surface area (Å²) in [5, 5.41) is 4.09. The highest BCUT2D eigenvalue weighted by molar-refractivity contribution is 5.78. The van der Waals surface area contributed by atoms with Crippen molar-refractivity contribution in [2.75, 3.05) is 5.73 Å². The lowest BCUT2D eigenvalue weighted by molar-refractivity contribution is 0.627. The van der Waals surface area contributed by atoms with E-state index in [0.717, 1.165) is 5.69 Å². The number of hydrogen-bond acceptors (Lipinski definition) is 3. The molecule has 92 valence electrons. The third kappa shape index (κ3) is 1.62. The summed E-state index contributed by atoms with van der Waals surface area (Å²) in [6.07, 6.45) is 1.71. The van der Waals surface area contributed by atoms with Gasteiger partial charge in [0, 0.05) is 13.2 Å². The zero-order valence-corrected chi connectivity index (χ0v) is 9.84. The molecule has 2 heterocycles. The average molecular weight is 245 g/mol. The molecule has 3 aromatic rings. The van der Waals surface area contributed by atoms with Gasteiger partial charge < -0.3 is 10.3 Å². The van der Waals surface area contributed by atoms with Crippen LogP contribution < -0.4 is 5.73 Å². The number of imidazole rings is 1. The molecule has 2 aromatic heterocycles. The van der Waals surface area contributed by atoms with E-state index < -0.39 is 0 Å². The second-order valence-electron chi connectivity index (χ2n) is 4.14. The Morgan fingerprint density at radius 1 is 1.33 bits per heavy atom. The molecule has 18 heavy (non-hydrogen) atoms. The van der Waals surface area contributed by atoms with Gasteiger partial charge in [0.1, 0.15) is 5.82 Å². The van der Waals surface area contributed by atoms with Gasteiger partial charge in [0.05, 0.1) is 23.3 Å². The monoisotopic (exact) mass is 245 g/mol. The van der Waals surface area contributed by atoms with Crippen LogP contribution in [0.15, 0.2) is 30.5 Å². The van der Waals surface area contributed by atoms with Crippen molar-refractivity contribution in [3.05, 3.63) is 42.0 Å². The van der Waals surface area contributed by atoms with Crippen molar-refractivity contribution in [3.63, 3.8) is 0 Å². The molecule has 0 radical (unpaired) electrons. The Morgan fingerprint density at radius 3 is 2.89 bits per heavy atom.